The van der Waals surface area contributed by atoms with Crippen molar-refractivity contribution in [1.82, 2.24) is 29.9 Å². The lowest BCUT2D eigenvalue weighted by Gasteiger charge is -2.36. The number of pyridine rings is 2. The molecule has 0 radical (unpaired) electrons. The Morgan fingerprint density at radius 2 is 2.00 bits per heavy atom. The highest BCUT2D eigenvalue weighted by atomic mass is 16.1. The number of hydrogen-bond donors (Lipinski definition) is 1. The molecule has 0 aromatic carbocycles. The fourth-order valence-electron chi connectivity index (χ4n) is 3.35. The van der Waals surface area contributed by atoms with Crippen LogP contribution in [0.4, 0.5) is 11.5 Å². The monoisotopic (exact) mass is 366 g/mol. The maximum absolute atomic E-state index is 12.4. The van der Waals surface area contributed by atoms with Crippen molar-refractivity contribution in [2.75, 3.05) is 37.4 Å². The van der Waals surface area contributed by atoms with E-state index in [0.717, 1.165) is 31.6 Å². The van der Waals surface area contributed by atoms with E-state index in [1.165, 1.54) is 4.52 Å². The number of nitrogens with zero attached hydrogens (tertiary/aromatic N) is 7. The minimum atomic E-state index is -0.251. The first-order chi connectivity index (χ1) is 13.1. The predicted octanol–water partition coefficient (Wildman–Crippen LogP) is 1.30. The number of piperidine rings is 1. The molecule has 1 fully saturated rings. The zero-order chi connectivity index (χ0) is 18.8. The van der Waals surface area contributed by atoms with E-state index in [9.17, 15) is 4.79 Å². The number of hydrogen-bond acceptors (Lipinski definition) is 7. The maximum atomic E-state index is 12.4. The van der Waals surface area contributed by atoms with E-state index in [2.05, 4.69) is 49.7 Å². The fraction of sp³-hybridized carbons (Fsp3) is 0.389. The van der Waals surface area contributed by atoms with Gasteiger partial charge in [-0.25, -0.2) is 4.98 Å². The number of tetrazole rings is 1. The molecule has 1 aliphatic heterocycles. The maximum Gasteiger partial charge on any atom is 0.258 e. The Labute approximate surface area is 157 Å². The van der Waals surface area contributed by atoms with E-state index in [1.54, 1.807) is 18.3 Å². The smallest absolute Gasteiger partial charge is 0.258 e. The molecule has 1 amide bonds. The molecule has 3 aromatic rings. The number of carbonyl (C=O) groups excluding carboxylic acids is 1. The first-order valence-corrected chi connectivity index (χ1v) is 8.97. The lowest BCUT2D eigenvalue weighted by molar-refractivity contribution is 0.102. The quantitative estimate of drug-likeness (QED) is 0.744. The van der Waals surface area contributed by atoms with Gasteiger partial charge in [-0.15, -0.1) is 5.10 Å². The van der Waals surface area contributed by atoms with E-state index in [4.69, 9.17) is 0 Å². The Morgan fingerprint density at radius 3 is 2.70 bits per heavy atom. The summed E-state index contributed by atoms with van der Waals surface area (Å²) in [6.07, 6.45) is 5.69. The molecule has 0 atom stereocenters. The lowest BCUT2D eigenvalue weighted by Crippen LogP contribution is -2.42. The highest BCUT2D eigenvalue weighted by molar-refractivity contribution is 6.03. The normalized spacial score (nSPS) is 15.4. The van der Waals surface area contributed by atoms with E-state index in [1.807, 2.05) is 18.3 Å². The van der Waals surface area contributed by atoms with Gasteiger partial charge in [-0.1, -0.05) is 0 Å². The molecular formula is C18H22N8O. The zero-order valence-electron chi connectivity index (χ0n) is 15.4. The van der Waals surface area contributed by atoms with Crippen LogP contribution in [0.3, 0.4) is 0 Å². The van der Waals surface area contributed by atoms with Gasteiger partial charge in [0.1, 0.15) is 5.82 Å². The van der Waals surface area contributed by atoms with Crippen LogP contribution in [0.2, 0.25) is 0 Å². The average molecular weight is 366 g/mol. The molecule has 0 aliphatic carbocycles. The summed E-state index contributed by atoms with van der Waals surface area (Å²) in [5, 5.41) is 14.0. The van der Waals surface area contributed by atoms with E-state index < -0.39 is 0 Å². The zero-order valence-corrected chi connectivity index (χ0v) is 15.4. The number of rotatable bonds is 4. The fourth-order valence-corrected chi connectivity index (χ4v) is 3.35. The average Bonchev–Trinajstić information content (AvgIpc) is 3.16. The van der Waals surface area contributed by atoms with Crippen molar-refractivity contribution in [3.05, 3.63) is 42.2 Å². The molecule has 3 aromatic heterocycles. The van der Waals surface area contributed by atoms with Crippen molar-refractivity contribution in [1.29, 1.82) is 0 Å². The third-order valence-corrected chi connectivity index (χ3v) is 5.00. The summed E-state index contributed by atoms with van der Waals surface area (Å²) < 4.78 is 1.46. The van der Waals surface area contributed by atoms with Crippen LogP contribution in [0.1, 0.15) is 23.2 Å². The summed E-state index contributed by atoms with van der Waals surface area (Å²) in [6.45, 7) is 2.03. The summed E-state index contributed by atoms with van der Waals surface area (Å²) in [6, 6.07) is 7.86. The highest BCUT2D eigenvalue weighted by Crippen LogP contribution is 2.22. The van der Waals surface area contributed by atoms with E-state index >= 15 is 0 Å². The minimum absolute atomic E-state index is 0.251. The Bertz CT molecular complexity index is 928. The van der Waals surface area contributed by atoms with Crippen LogP contribution in [0, 0.1) is 0 Å². The largest absolute Gasteiger partial charge is 0.370 e. The van der Waals surface area contributed by atoms with Crippen molar-refractivity contribution in [2.45, 2.75) is 18.9 Å². The van der Waals surface area contributed by atoms with Gasteiger partial charge in [-0.3, -0.25) is 4.79 Å². The van der Waals surface area contributed by atoms with Gasteiger partial charge in [-0.05, 0) is 61.6 Å². The SMILES string of the molecule is CN(C)C1CCN(c2ccc(NC(=O)c3ccc4nnnn4c3)nc2)CC1. The number of amides is 1. The second-order valence-electron chi connectivity index (χ2n) is 6.94. The van der Waals surface area contributed by atoms with Crippen LogP contribution in [-0.4, -0.2) is 69.1 Å². The Balaban J connectivity index is 1.39. The predicted molar refractivity (Wildman–Crippen MR) is 102 cm³/mol. The lowest BCUT2D eigenvalue weighted by atomic mass is 10.0. The molecule has 0 bridgehead atoms. The number of nitrogens with one attached hydrogen (secondary N) is 1. The molecule has 140 valence electrons. The van der Waals surface area contributed by atoms with Gasteiger partial charge in [0.25, 0.3) is 5.91 Å². The third-order valence-electron chi connectivity index (χ3n) is 5.00. The van der Waals surface area contributed by atoms with Gasteiger partial charge < -0.3 is 15.1 Å². The summed E-state index contributed by atoms with van der Waals surface area (Å²) in [7, 11) is 4.27. The second kappa shape index (κ2) is 7.28. The molecule has 1 aliphatic rings. The Morgan fingerprint density at radius 1 is 1.19 bits per heavy atom. The Kier molecular flexibility index (Phi) is 4.68. The molecular weight excluding hydrogens is 344 g/mol. The van der Waals surface area contributed by atoms with Gasteiger partial charge in [0.15, 0.2) is 5.65 Å². The van der Waals surface area contributed by atoms with Gasteiger partial charge in [-0.2, -0.15) is 4.52 Å². The molecule has 27 heavy (non-hydrogen) atoms. The molecule has 0 saturated carbocycles. The minimum Gasteiger partial charge on any atom is -0.370 e. The van der Waals surface area contributed by atoms with Crippen LogP contribution in [-0.2, 0) is 0 Å². The van der Waals surface area contributed by atoms with Crippen molar-refractivity contribution in [2.24, 2.45) is 0 Å². The first-order valence-electron chi connectivity index (χ1n) is 8.97. The number of aromatic nitrogens is 5. The summed E-state index contributed by atoms with van der Waals surface area (Å²) >= 11 is 0. The van der Waals surface area contributed by atoms with Crippen LogP contribution < -0.4 is 10.2 Å². The molecule has 4 heterocycles. The molecule has 4 rings (SSSR count). The highest BCUT2D eigenvalue weighted by Gasteiger charge is 2.21. The number of fused-ring (bicyclic) bond motifs is 1. The van der Waals surface area contributed by atoms with Crippen molar-refractivity contribution in [3.8, 4) is 0 Å². The summed E-state index contributed by atoms with van der Waals surface area (Å²) in [5.74, 6) is 0.267. The van der Waals surface area contributed by atoms with Crippen molar-refractivity contribution < 1.29 is 4.79 Å². The van der Waals surface area contributed by atoms with Crippen LogP contribution in [0.5, 0.6) is 0 Å². The molecule has 1 saturated heterocycles. The molecule has 0 spiro atoms. The summed E-state index contributed by atoms with van der Waals surface area (Å²) in [5.41, 5.74) is 2.14. The van der Waals surface area contributed by atoms with Crippen molar-refractivity contribution >= 4 is 23.1 Å². The van der Waals surface area contributed by atoms with E-state index in [-0.39, 0.29) is 5.91 Å². The first kappa shape index (κ1) is 17.3. The van der Waals surface area contributed by atoms with Gasteiger partial charge in [0.2, 0.25) is 0 Å². The number of anilines is 2. The van der Waals surface area contributed by atoms with Crippen LogP contribution >= 0.6 is 0 Å². The van der Waals surface area contributed by atoms with Crippen molar-refractivity contribution in [3.63, 3.8) is 0 Å². The van der Waals surface area contributed by atoms with Crippen LogP contribution in [0.25, 0.3) is 5.65 Å². The molecule has 0 unspecified atom stereocenters. The summed E-state index contributed by atoms with van der Waals surface area (Å²) in [4.78, 5) is 21.4. The second-order valence-corrected chi connectivity index (χ2v) is 6.94. The van der Waals surface area contributed by atoms with E-state index in [0.29, 0.717) is 23.1 Å². The van der Waals surface area contributed by atoms with Gasteiger partial charge in [0, 0.05) is 25.3 Å². The third kappa shape index (κ3) is 3.72. The molecule has 1 N–H and O–H groups in total. The topological polar surface area (TPSA) is 91.5 Å². The van der Waals surface area contributed by atoms with Gasteiger partial charge >= 0.3 is 0 Å². The standard InChI is InChI=1S/C18H22N8O/c1-24(2)14-7-9-25(10-8-14)15-4-5-16(19-11-15)20-18(27)13-3-6-17-21-22-23-26(17)12-13/h3-6,11-12,14H,7-10H2,1-2H3,(H,19,20,27). The van der Waals surface area contributed by atoms with Crippen LogP contribution in [0.15, 0.2) is 36.7 Å². The van der Waals surface area contributed by atoms with Gasteiger partial charge in [0.05, 0.1) is 17.4 Å². The molecule has 9 nitrogen and oxygen atoms in total. The number of carbonyl (C=O) groups is 1. The Hall–Kier alpha value is -3.07. The molecule has 9 heteroatoms.